The van der Waals surface area contributed by atoms with E-state index in [0.717, 1.165) is 22.4 Å². The summed E-state index contributed by atoms with van der Waals surface area (Å²) in [6.07, 6.45) is -2.96. The lowest BCUT2D eigenvalue weighted by molar-refractivity contribution is -0.153. The van der Waals surface area contributed by atoms with Crippen molar-refractivity contribution in [1.29, 1.82) is 0 Å². The Morgan fingerprint density at radius 2 is 2.10 bits per heavy atom. The average Bonchev–Trinajstić information content (AvgIpc) is 3.18. The first-order chi connectivity index (χ1) is 13.7. The molecule has 150 valence electrons. The third-order valence-electron chi connectivity index (χ3n) is 4.11. The minimum atomic E-state index is -4.41. The predicted molar refractivity (Wildman–Crippen MR) is 102 cm³/mol. The molecule has 29 heavy (non-hydrogen) atoms. The highest BCUT2D eigenvalue weighted by Crippen LogP contribution is 2.30. The largest absolute Gasteiger partial charge is 0.484 e. The maximum atomic E-state index is 12.6. The van der Waals surface area contributed by atoms with Crippen molar-refractivity contribution in [2.75, 3.05) is 11.9 Å². The molecule has 0 unspecified atom stereocenters. The zero-order valence-corrected chi connectivity index (χ0v) is 16.1. The van der Waals surface area contributed by atoms with Crippen molar-refractivity contribution < 1.29 is 22.7 Å². The number of nitrogens with one attached hydrogen (secondary N) is 1. The molecule has 0 aliphatic heterocycles. The number of pyridine rings is 1. The predicted octanol–water partition coefficient (Wildman–Crippen LogP) is 4.08. The van der Waals surface area contributed by atoms with Gasteiger partial charge in [0.15, 0.2) is 17.4 Å². The van der Waals surface area contributed by atoms with Gasteiger partial charge in [-0.05, 0) is 31.2 Å². The molecule has 0 saturated carbocycles. The number of fused-ring (bicyclic) bond motifs is 2. The molecule has 1 amide bonds. The van der Waals surface area contributed by atoms with E-state index in [9.17, 15) is 18.0 Å². The molecule has 3 heterocycles. The van der Waals surface area contributed by atoms with Crippen molar-refractivity contribution in [1.82, 2.24) is 19.7 Å². The van der Waals surface area contributed by atoms with Crippen LogP contribution in [0.1, 0.15) is 16.1 Å². The number of hydrogen-bond donors (Lipinski definition) is 1. The molecule has 0 saturated heterocycles. The molecule has 3 aromatic heterocycles. The van der Waals surface area contributed by atoms with Crippen molar-refractivity contribution in [3.05, 3.63) is 41.7 Å². The Morgan fingerprint density at radius 1 is 1.31 bits per heavy atom. The van der Waals surface area contributed by atoms with Crippen molar-refractivity contribution >= 4 is 43.6 Å². The molecule has 7 nitrogen and oxygen atoms in total. The van der Waals surface area contributed by atoms with E-state index in [0.29, 0.717) is 26.6 Å². The van der Waals surface area contributed by atoms with Gasteiger partial charge in [-0.3, -0.25) is 14.8 Å². The SMILES string of the molecule is Cc1nn(C)c2ncc(C(=O)Nc3nc4ccc(OCC(F)(F)F)cc4s3)cc12. The summed E-state index contributed by atoms with van der Waals surface area (Å²) in [6, 6.07) is 6.11. The summed E-state index contributed by atoms with van der Waals surface area (Å²) in [6.45, 7) is 0.460. The lowest BCUT2D eigenvalue weighted by Gasteiger charge is -2.08. The molecule has 0 radical (unpaired) electrons. The molecule has 0 atom stereocenters. The summed E-state index contributed by atoms with van der Waals surface area (Å²) in [4.78, 5) is 21.1. The second-order valence-corrected chi connectivity index (χ2v) is 7.34. The molecule has 11 heteroatoms. The fraction of sp³-hybridized carbons (Fsp3) is 0.222. The smallest absolute Gasteiger partial charge is 0.422 e. The van der Waals surface area contributed by atoms with Crippen LogP contribution in [0, 0.1) is 6.92 Å². The van der Waals surface area contributed by atoms with E-state index in [1.807, 2.05) is 6.92 Å². The van der Waals surface area contributed by atoms with E-state index >= 15 is 0 Å². The van der Waals surface area contributed by atoms with Crippen LogP contribution in [0.2, 0.25) is 0 Å². The number of halogens is 3. The highest BCUT2D eigenvalue weighted by Gasteiger charge is 2.28. The van der Waals surface area contributed by atoms with Crippen LogP contribution in [0.5, 0.6) is 5.75 Å². The number of thiazole rings is 1. The monoisotopic (exact) mass is 421 g/mol. The quantitative estimate of drug-likeness (QED) is 0.537. The Balaban J connectivity index is 1.54. The lowest BCUT2D eigenvalue weighted by atomic mass is 10.2. The number of carbonyl (C=O) groups excluding carboxylic acids is 1. The van der Waals surface area contributed by atoms with Crippen LogP contribution >= 0.6 is 11.3 Å². The number of rotatable bonds is 4. The summed E-state index contributed by atoms with van der Waals surface area (Å²) < 4.78 is 43.9. The third-order valence-corrected chi connectivity index (χ3v) is 5.04. The Labute approximate surface area is 166 Å². The Bertz CT molecular complexity index is 1230. The maximum absolute atomic E-state index is 12.6. The van der Waals surface area contributed by atoms with Gasteiger partial charge in [-0.1, -0.05) is 11.3 Å². The van der Waals surface area contributed by atoms with Gasteiger partial charge in [0.1, 0.15) is 5.75 Å². The number of anilines is 1. The van der Waals surface area contributed by atoms with Gasteiger partial charge in [-0.25, -0.2) is 9.97 Å². The molecule has 1 aromatic carbocycles. The standard InChI is InChI=1S/C18H14F3N5O2S/c1-9-12-5-10(7-22-15(12)26(2)25-9)16(27)24-17-23-13-4-3-11(6-14(13)29-17)28-8-18(19,20)21/h3-7H,8H2,1-2H3,(H,23,24,27). The lowest BCUT2D eigenvalue weighted by Crippen LogP contribution is -2.19. The van der Waals surface area contributed by atoms with Gasteiger partial charge < -0.3 is 4.74 Å². The zero-order valence-electron chi connectivity index (χ0n) is 15.2. The number of nitrogens with zero attached hydrogens (tertiary/aromatic N) is 4. The van der Waals surface area contributed by atoms with Crippen molar-refractivity contribution in [2.45, 2.75) is 13.1 Å². The summed E-state index contributed by atoms with van der Waals surface area (Å²) >= 11 is 1.14. The summed E-state index contributed by atoms with van der Waals surface area (Å²) in [7, 11) is 1.77. The van der Waals surface area contributed by atoms with Crippen LogP contribution < -0.4 is 10.1 Å². The molecule has 0 aliphatic rings. The fourth-order valence-corrected chi connectivity index (χ4v) is 3.70. The second kappa shape index (κ2) is 6.99. The topological polar surface area (TPSA) is 81.9 Å². The van der Waals surface area contributed by atoms with E-state index in [2.05, 4.69) is 20.4 Å². The third kappa shape index (κ3) is 3.99. The fourth-order valence-electron chi connectivity index (χ4n) is 2.81. The van der Waals surface area contributed by atoms with E-state index in [4.69, 9.17) is 4.74 Å². The molecular formula is C18H14F3N5O2S. The normalized spacial score (nSPS) is 11.9. The number of aromatic nitrogens is 4. The second-order valence-electron chi connectivity index (χ2n) is 6.31. The van der Waals surface area contributed by atoms with Crippen LogP contribution in [-0.2, 0) is 7.05 Å². The number of benzene rings is 1. The molecule has 0 aliphatic carbocycles. The molecule has 0 bridgehead atoms. The number of hydrogen-bond acceptors (Lipinski definition) is 6. The van der Waals surface area contributed by atoms with Crippen LogP contribution in [0.3, 0.4) is 0 Å². The highest BCUT2D eigenvalue weighted by atomic mass is 32.1. The Kier molecular flexibility index (Phi) is 4.61. The van der Waals surface area contributed by atoms with Gasteiger partial charge in [0.05, 0.1) is 21.5 Å². The molecule has 1 N–H and O–H groups in total. The Morgan fingerprint density at radius 3 is 2.86 bits per heavy atom. The zero-order chi connectivity index (χ0) is 20.8. The highest BCUT2D eigenvalue weighted by molar-refractivity contribution is 7.22. The minimum absolute atomic E-state index is 0.0815. The van der Waals surface area contributed by atoms with Crippen LogP contribution in [0.4, 0.5) is 18.3 Å². The van der Waals surface area contributed by atoms with Crippen LogP contribution in [-0.4, -0.2) is 38.4 Å². The number of amides is 1. The molecule has 4 aromatic rings. The summed E-state index contributed by atoms with van der Waals surface area (Å²) in [5.74, 6) is -0.312. The van der Waals surface area contributed by atoms with Gasteiger partial charge in [0, 0.05) is 18.6 Å². The summed E-state index contributed by atoms with van der Waals surface area (Å²) in [5, 5.41) is 8.06. The Hall–Kier alpha value is -3.21. The first-order valence-electron chi connectivity index (χ1n) is 8.40. The first-order valence-corrected chi connectivity index (χ1v) is 9.22. The summed E-state index contributed by atoms with van der Waals surface area (Å²) in [5.41, 5.74) is 2.32. The molecule has 0 spiro atoms. The number of carbonyl (C=O) groups is 1. The average molecular weight is 421 g/mol. The van der Waals surface area contributed by atoms with Crippen LogP contribution in [0.25, 0.3) is 21.3 Å². The van der Waals surface area contributed by atoms with E-state index in [1.165, 1.54) is 18.3 Å². The number of ether oxygens (including phenoxy) is 1. The van der Waals surface area contributed by atoms with Gasteiger partial charge in [-0.2, -0.15) is 18.3 Å². The van der Waals surface area contributed by atoms with Crippen molar-refractivity contribution in [3.8, 4) is 5.75 Å². The van der Waals surface area contributed by atoms with Gasteiger partial charge in [0.25, 0.3) is 5.91 Å². The van der Waals surface area contributed by atoms with Gasteiger partial charge >= 0.3 is 6.18 Å². The van der Waals surface area contributed by atoms with Gasteiger partial charge in [-0.15, -0.1) is 0 Å². The van der Waals surface area contributed by atoms with Gasteiger partial charge in [0.2, 0.25) is 0 Å². The van der Waals surface area contributed by atoms with Crippen LogP contribution in [0.15, 0.2) is 30.5 Å². The first kappa shape index (κ1) is 19.1. The number of alkyl halides is 3. The van der Waals surface area contributed by atoms with Crippen molar-refractivity contribution in [2.24, 2.45) is 7.05 Å². The number of aryl methyl sites for hydroxylation is 2. The van der Waals surface area contributed by atoms with E-state index in [-0.39, 0.29) is 5.75 Å². The molecular weight excluding hydrogens is 407 g/mol. The van der Waals surface area contributed by atoms with Crippen molar-refractivity contribution in [3.63, 3.8) is 0 Å². The maximum Gasteiger partial charge on any atom is 0.422 e. The van der Waals surface area contributed by atoms with E-state index in [1.54, 1.807) is 23.9 Å². The molecule has 4 rings (SSSR count). The van der Waals surface area contributed by atoms with E-state index < -0.39 is 18.7 Å². The molecule has 0 fully saturated rings. The minimum Gasteiger partial charge on any atom is -0.484 e.